The molecule has 0 aliphatic carbocycles. The number of hydrogen-bond donors (Lipinski definition) is 1. The van der Waals surface area contributed by atoms with Gasteiger partial charge in [-0.15, -0.1) is 17.8 Å². The number of nitriles is 1. The molecule has 0 fully saturated rings. The van der Waals surface area contributed by atoms with Gasteiger partial charge in [0, 0.05) is 16.7 Å². The fourth-order valence-electron chi connectivity index (χ4n) is 2.42. The number of rotatable bonds is 8. The molecule has 9 heteroatoms. The summed E-state index contributed by atoms with van der Waals surface area (Å²) in [7, 11) is 1.47. The van der Waals surface area contributed by atoms with E-state index in [0.29, 0.717) is 17.9 Å². The number of carbonyl (C=O) groups excluding carboxylic acids is 1. The van der Waals surface area contributed by atoms with Gasteiger partial charge in [0.25, 0.3) is 0 Å². The predicted octanol–water partition coefficient (Wildman–Crippen LogP) is 4.10. The second kappa shape index (κ2) is 9.85. The molecule has 0 bridgehead atoms. The van der Waals surface area contributed by atoms with Crippen LogP contribution in [0.3, 0.4) is 0 Å². The van der Waals surface area contributed by atoms with Crippen molar-refractivity contribution in [3.05, 3.63) is 45.6 Å². The summed E-state index contributed by atoms with van der Waals surface area (Å²) in [5.41, 5.74) is -0.0553. The third kappa shape index (κ3) is 6.16. The number of alkyl halides is 3. The summed E-state index contributed by atoms with van der Waals surface area (Å²) in [6, 6.07) is 6.67. The van der Waals surface area contributed by atoms with Crippen molar-refractivity contribution >= 4 is 17.2 Å². The molecule has 2 aromatic rings. The number of aryl methyl sites for hydroxylation is 1. The Morgan fingerprint density at radius 3 is 2.69 bits per heavy atom. The molecule has 0 saturated carbocycles. The molecule has 0 spiro atoms. The van der Waals surface area contributed by atoms with Crippen molar-refractivity contribution in [2.45, 2.75) is 25.1 Å². The number of thiophene rings is 1. The van der Waals surface area contributed by atoms with Crippen LogP contribution in [0.5, 0.6) is 11.5 Å². The van der Waals surface area contributed by atoms with Gasteiger partial charge in [-0.2, -0.15) is 18.4 Å². The summed E-state index contributed by atoms with van der Waals surface area (Å²) in [5, 5.41) is 12.6. The van der Waals surface area contributed by atoms with Crippen molar-refractivity contribution in [2.75, 3.05) is 13.7 Å². The SMILES string of the molecule is C#CCOc1ccc(CCC(=O)NC(C#N)c2cc(C(F)(F)F)cs2)cc1OC. The molecule has 29 heavy (non-hydrogen) atoms. The summed E-state index contributed by atoms with van der Waals surface area (Å²) in [4.78, 5) is 12.3. The van der Waals surface area contributed by atoms with Crippen molar-refractivity contribution in [2.24, 2.45) is 0 Å². The minimum atomic E-state index is -4.49. The van der Waals surface area contributed by atoms with Gasteiger partial charge in [-0.1, -0.05) is 12.0 Å². The summed E-state index contributed by atoms with van der Waals surface area (Å²) in [6.45, 7) is 0.0897. The van der Waals surface area contributed by atoms with Gasteiger partial charge in [0.2, 0.25) is 5.91 Å². The Labute approximate surface area is 170 Å². The summed E-state index contributed by atoms with van der Waals surface area (Å²) in [6.07, 6.45) is 1.05. The average Bonchev–Trinajstić information content (AvgIpc) is 3.19. The Balaban J connectivity index is 1.97. The van der Waals surface area contributed by atoms with Crippen LogP contribution in [0, 0.1) is 23.7 Å². The van der Waals surface area contributed by atoms with E-state index >= 15 is 0 Å². The smallest absolute Gasteiger partial charge is 0.417 e. The van der Waals surface area contributed by atoms with Crippen LogP contribution in [0.2, 0.25) is 0 Å². The second-order valence-electron chi connectivity index (χ2n) is 5.84. The number of carbonyl (C=O) groups is 1. The van der Waals surface area contributed by atoms with Crippen LogP contribution >= 0.6 is 11.3 Å². The number of hydrogen-bond acceptors (Lipinski definition) is 5. The van der Waals surface area contributed by atoms with Crippen molar-refractivity contribution in [1.29, 1.82) is 5.26 Å². The highest BCUT2D eigenvalue weighted by Crippen LogP contribution is 2.34. The number of ether oxygens (including phenoxy) is 2. The van der Waals surface area contributed by atoms with Crippen LogP contribution in [0.1, 0.15) is 28.5 Å². The molecule has 1 N–H and O–H groups in total. The minimum absolute atomic E-state index is 0.0450. The highest BCUT2D eigenvalue weighted by molar-refractivity contribution is 7.10. The zero-order valence-corrected chi connectivity index (χ0v) is 16.2. The fourth-order valence-corrected chi connectivity index (χ4v) is 3.32. The first-order valence-corrected chi connectivity index (χ1v) is 9.24. The summed E-state index contributed by atoms with van der Waals surface area (Å²) >= 11 is 0.777. The molecule has 1 atom stereocenters. The van der Waals surface area contributed by atoms with Crippen molar-refractivity contribution in [1.82, 2.24) is 5.32 Å². The molecule has 1 aromatic carbocycles. The molecule has 0 radical (unpaired) electrons. The van der Waals surface area contributed by atoms with Crippen molar-refractivity contribution < 1.29 is 27.4 Å². The largest absolute Gasteiger partial charge is 0.493 e. The van der Waals surface area contributed by atoms with Crippen LogP contribution < -0.4 is 14.8 Å². The van der Waals surface area contributed by atoms with Crippen LogP contribution in [0.15, 0.2) is 29.6 Å². The van der Waals surface area contributed by atoms with E-state index in [0.717, 1.165) is 28.3 Å². The molecule has 1 amide bonds. The van der Waals surface area contributed by atoms with Gasteiger partial charge in [0.05, 0.1) is 18.7 Å². The van der Waals surface area contributed by atoms with Gasteiger partial charge in [-0.3, -0.25) is 4.79 Å². The molecule has 1 heterocycles. The van der Waals surface area contributed by atoms with Crippen LogP contribution in [-0.2, 0) is 17.4 Å². The lowest BCUT2D eigenvalue weighted by atomic mass is 10.1. The second-order valence-corrected chi connectivity index (χ2v) is 6.79. The Morgan fingerprint density at radius 2 is 2.10 bits per heavy atom. The van der Waals surface area contributed by atoms with E-state index in [4.69, 9.17) is 15.9 Å². The van der Waals surface area contributed by atoms with E-state index in [1.807, 2.05) is 6.07 Å². The zero-order chi connectivity index (χ0) is 21.4. The van der Waals surface area contributed by atoms with E-state index in [1.165, 1.54) is 7.11 Å². The summed E-state index contributed by atoms with van der Waals surface area (Å²) < 4.78 is 48.7. The third-order valence-corrected chi connectivity index (χ3v) is 4.84. The first kappa shape index (κ1) is 22.1. The van der Waals surface area contributed by atoms with Crippen molar-refractivity contribution in [3.8, 4) is 29.9 Å². The van der Waals surface area contributed by atoms with Gasteiger partial charge >= 0.3 is 6.18 Å². The van der Waals surface area contributed by atoms with E-state index in [9.17, 15) is 23.2 Å². The number of methoxy groups -OCH3 is 1. The lowest BCUT2D eigenvalue weighted by Crippen LogP contribution is -2.27. The highest BCUT2D eigenvalue weighted by atomic mass is 32.1. The molecule has 0 aliphatic rings. The monoisotopic (exact) mass is 422 g/mol. The van der Waals surface area contributed by atoms with Gasteiger partial charge < -0.3 is 14.8 Å². The maximum absolute atomic E-state index is 12.7. The quantitative estimate of drug-likeness (QED) is 0.651. The van der Waals surface area contributed by atoms with E-state index in [2.05, 4.69) is 11.2 Å². The minimum Gasteiger partial charge on any atom is -0.493 e. The number of terminal acetylenes is 1. The van der Waals surface area contributed by atoms with Gasteiger partial charge in [-0.05, 0) is 30.2 Å². The first-order valence-electron chi connectivity index (χ1n) is 8.36. The van der Waals surface area contributed by atoms with Gasteiger partial charge in [-0.25, -0.2) is 0 Å². The maximum atomic E-state index is 12.7. The standard InChI is InChI=1S/C20H17F3N2O3S/c1-3-8-28-16-6-4-13(9-17(16)27-2)5-7-19(26)25-15(11-24)18-10-14(12-29-18)20(21,22)23/h1,4,6,9-10,12,15H,5,7-8H2,2H3,(H,25,26). The van der Waals surface area contributed by atoms with Gasteiger partial charge in [0.1, 0.15) is 6.61 Å². The zero-order valence-electron chi connectivity index (χ0n) is 15.4. The first-order chi connectivity index (χ1) is 13.8. The van der Waals surface area contributed by atoms with E-state index in [1.54, 1.807) is 18.2 Å². The maximum Gasteiger partial charge on any atom is 0.417 e. The normalized spacial score (nSPS) is 11.8. The Hall–Kier alpha value is -3.17. The van der Waals surface area contributed by atoms with Crippen LogP contribution in [0.4, 0.5) is 13.2 Å². The molecule has 0 aliphatic heterocycles. The Kier molecular flexibility index (Phi) is 7.52. The topological polar surface area (TPSA) is 71.3 Å². The van der Waals surface area contributed by atoms with Crippen molar-refractivity contribution in [3.63, 3.8) is 0 Å². The Bertz CT molecular complexity index is 942. The fraction of sp³-hybridized carbons (Fsp3) is 0.300. The number of halogens is 3. The molecule has 0 saturated heterocycles. The third-order valence-electron chi connectivity index (χ3n) is 3.85. The molecule has 1 unspecified atom stereocenters. The molecule has 2 rings (SSSR count). The molecular weight excluding hydrogens is 405 g/mol. The van der Waals surface area contributed by atoms with Gasteiger partial charge in [0.15, 0.2) is 17.5 Å². The van der Waals surface area contributed by atoms with Crippen LogP contribution in [-0.4, -0.2) is 19.6 Å². The average molecular weight is 422 g/mol. The highest BCUT2D eigenvalue weighted by Gasteiger charge is 2.32. The van der Waals surface area contributed by atoms with Crippen LogP contribution in [0.25, 0.3) is 0 Å². The van der Waals surface area contributed by atoms with E-state index in [-0.39, 0.29) is 17.9 Å². The molecule has 1 aromatic heterocycles. The number of benzene rings is 1. The summed E-state index contributed by atoms with van der Waals surface area (Å²) in [5.74, 6) is 2.83. The Morgan fingerprint density at radius 1 is 1.34 bits per heavy atom. The van der Waals surface area contributed by atoms with E-state index < -0.39 is 23.7 Å². The number of nitrogens with zero attached hydrogens (tertiary/aromatic N) is 1. The number of nitrogens with one attached hydrogen (secondary N) is 1. The molecule has 152 valence electrons. The molecule has 5 nitrogen and oxygen atoms in total. The molecular formula is C20H17F3N2O3S. The lowest BCUT2D eigenvalue weighted by molar-refractivity contribution is -0.137. The lowest BCUT2D eigenvalue weighted by Gasteiger charge is -2.12. The predicted molar refractivity (Wildman–Crippen MR) is 101 cm³/mol. The number of amides is 1.